The highest BCUT2D eigenvalue weighted by Gasteiger charge is 2.18. The van der Waals surface area contributed by atoms with Gasteiger partial charge in [-0.15, -0.1) is 0 Å². The minimum atomic E-state index is 0.805. The Kier molecular flexibility index (Phi) is 5.31. The number of hydrogen-bond donors (Lipinski definition) is 1. The normalized spacial score (nSPS) is 16.2. The van der Waals surface area contributed by atoms with Crippen molar-refractivity contribution in [1.29, 1.82) is 0 Å². The van der Waals surface area contributed by atoms with Gasteiger partial charge in [-0.05, 0) is 30.2 Å². The molecule has 0 spiro atoms. The molecule has 3 rings (SSSR count). The lowest BCUT2D eigenvalue weighted by Gasteiger charge is -2.30. The summed E-state index contributed by atoms with van der Waals surface area (Å²) in [5, 5.41) is 7.63. The summed E-state index contributed by atoms with van der Waals surface area (Å²) in [5.74, 6) is 0. The number of halogens is 1. The van der Waals surface area contributed by atoms with E-state index in [-0.39, 0.29) is 0 Å². The molecule has 0 bridgehead atoms. The Hall–Kier alpha value is -1.84. The fourth-order valence-corrected chi connectivity index (χ4v) is 3.00. The summed E-state index contributed by atoms with van der Waals surface area (Å²) in [6, 6.07) is 16.5. The first kappa shape index (κ1) is 16.0. The highest BCUT2D eigenvalue weighted by Crippen LogP contribution is 2.08. The van der Waals surface area contributed by atoms with E-state index in [9.17, 15) is 0 Å². The van der Waals surface area contributed by atoms with Crippen LogP contribution >= 0.6 is 11.6 Å². The van der Waals surface area contributed by atoms with Gasteiger partial charge < -0.3 is 4.90 Å². The van der Waals surface area contributed by atoms with Crippen molar-refractivity contribution in [2.24, 2.45) is 5.10 Å². The number of rotatable bonds is 4. The molecule has 1 N–H and O–H groups in total. The van der Waals surface area contributed by atoms with Gasteiger partial charge in [-0.25, -0.2) is 0 Å². The van der Waals surface area contributed by atoms with E-state index in [2.05, 4.69) is 53.4 Å². The summed E-state index contributed by atoms with van der Waals surface area (Å²) >= 11 is 5.94. The maximum absolute atomic E-state index is 5.94. The Morgan fingerprint density at radius 1 is 1.09 bits per heavy atom. The molecule has 120 valence electrons. The van der Waals surface area contributed by atoms with Crippen molar-refractivity contribution in [2.75, 3.05) is 26.2 Å². The third kappa shape index (κ3) is 4.57. The Morgan fingerprint density at radius 2 is 1.78 bits per heavy atom. The number of hydrazone groups is 1. The van der Waals surface area contributed by atoms with Crippen molar-refractivity contribution in [3.05, 3.63) is 70.2 Å². The molecule has 1 aliphatic heterocycles. The summed E-state index contributed by atoms with van der Waals surface area (Å²) in [4.78, 5) is 1.61. The van der Waals surface area contributed by atoms with Crippen molar-refractivity contribution in [1.82, 2.24) is 5.01 Å². The van der Waals surface area contributed by atoms with Gasteiger partial charge in [0.25, 0.3) is 0 Å². The lowest BCUT2D eigenvalue weighted by Crippen LogP contribution is -3.13. The fraction of sp³-hybridized carbons (Fsp3) is 0.316. The summed E-state index contributed by atoms with van der Waals surface area (Å²) < 4.78 is 0. The van der Waals surface area contributed by atoms with Crippen molar-refractivity contribution < 1.29 is 4.90 Å². The maximum atomic E-state index is 5.94. The Bertz CT molecular complexity index is 659. The molecular weight excluding hydrogens is 306 g/mol. The predicted octanol–water partition coefficient (Wildman–Crippen LogP) is 2.38. The van der Waals surface area contributed by atoms with E-state index in [0.717, 1.165) is 37.7 Å². The van der Waals surface area contributed by atoms with E-state index in [1.54, 1.807) is 4.90 Å². The molecule has 4 heteroatoms. The average molecular weight is 329 g/mol. The predicted molar refractivity (Wildman–Crippen MR) is 96.2 cm³/mol. The molecule has 3 nitrogen and oxygen atoms in total. The Balaban J connectivity index is 1.50. The first-order chi connectivity index (χ1) is 11.2. The van der Waals surface area contributed by atoms with Crippen molar-refractivity contribution in [3.63, 3.8) is 0 Å². The summed E-state index contributed by atoms with van der Waals surface area (Å²) in [6.45, 7) is 7.43. The van der Waals surface area contributed by atoms with E-state index in [1.165, 1.54) is 16.7 Å². The summed E-state index contributed by atoms with van der Waals surface area (Å²) in [6.07, 6.45) is 1.99. The van der Waals surface area contributed by atoms with E-state index in [4.69, 9.17) is 11.6 Å². The number of piperazine rings is 1. The van der Waals surface area contributed by atoms with Gasteiger partial charge in [0, 0.05) is 10.6 Å². The van der Waals surface area contributed by atoms with Crippen LogP contribution in [0.3, 0.4) is 0 Å². The molecule has 2 aromatic carbocycles. The molecular formula is C19H23ClN3+. The molecule has 23 heavy (non-hydrogen) atoms. The van der Waals surface area contributed by atoms with Gasteiger partial charge in [0.2, 0.25) is 0 Å². The second kappa shape index (κ2) is 7.62. The van der Waals surface area contributed by atoms with Crippen LogP contribution in [0.4, 0.5) is 0 Å². The molecule has 0 saturated carbocycles. The first-order valence-corrected chi connectivity index (χ1v) is 8.51. The van der Waals surface area contributed by atoms with Crippen LogP contribution in [0.15, 0.2) is 53.6 Å². The van der Waals surface area contributed by atoms with Gasteiger partial charge in [-0.3, -0.25) is 5.01 Å². The highest BCUT2D eigenvalue weighted by atomic mass is 35.5. The lowest BCUT2D eigenvalue weighted by molar-refractivity contribution is -0.918. The number of nitrogens with one attached hydrogen (secondary N) is 1. The quantitative estimate of drug-likeness (QED) is 0.854. The standard InChI is InChI=1S/C19H22ClN3/c1-16-4-2-3-5-18(16)14-21-23-12-10-22(11-13-23)15-17-6-8-19(20)9-7-17/h2-9,14H,10-13,15H2,1H3/p+1. The number of hydrogen-bond acceptors (Lipinski definition) is 2. The van der Waals surface area contributed by atoms with Crippen LogP contribution in [0, 0.1) is 6.92 Å². The first-order valence-electron chi connectivity index (χ1n) is 8.13. The minimum Gasteiger partial charge on any atom is -0.328 e. The Labute approximate surface area is 143 Å². The van der Waals surface area contributed by atoms with Gasteiger partial charge in [0.05, 0.1) is 32.4 Å². The van der Waals surface area contributed by atoms with E-state index in [0.29, 0.717) is 0 Å². The van der Waals surface area contributed by atoms with E-state index < -0.39 is 0 Å². The van der Waals surface area contributed by atoms with Crippen LogP contribution in [-0.2, 0) is 6.54 Å². The molecule has 0 aromatic heterocycles. The molecule has 0 radical (unpaired) electrons. The van der Waals surface area contributed by atoms with Gasteiger partial charge in [0.15, 0.2) is 0 Å². The highest BCUT2D eigenvalue weighted by molar-refractivity contribution is 6.30. The number of benzene rings is 2. The fourth-order valence-electron chi connectivity index (χ4n) is 2.87. The van der Waals surface area contributed by atoms with Crippen LogP contribution in [-0.4, -0.2) is 37.4 Å². The molecule has 0 unspecified atom stereocenters. The maximum Gasteiger partial charge on any atom is 0.103 e. The Morgan fingerprint density at radius 3 is 2.48 bits per heavy atom. The zero-order chi connectivity index (χ0) is 16.1. The summed E-state index contributed by atoms with van der Waals surface area (Å²) in [7, 11) is 0. The second-order valence-corrected chi connectivity index (χ2v) is 6.54. The topological polar surface area (TPSA) is 20.0 Å². The smallest absolute Gasteiger partial charge is 0.103 e. The van der Waals surface area contributed by atoms with Crippen molar-refractivity contribution in [3.8, 4) is 0 Å². The van der Waals surface area contributed by atoms with Crippen LogP contribution in [0.1, 0.15) is 16.7 Å². The van der Waals surface area contributed by atoms with Gasteiger partial charge in [-0.1, -0.05) is 48.0 Å². The molecule has 1 heterocycles. The molecule has 2 aromatic rings. The average Bonchev–Trinajstić information content (AvgIpc) is 2.58. The molecule has 0 aliphatic carbocycles. The van der Waals surface area contributed by atoms with Crippen molar-refractivity contribution >= 4 is 17.8 Å². The second-order valence-electron chi connectivity index (χ2n) is 6.11. The molecule has 1 saturated heterocycles. The SMILES string of the molecule is Cc1ccccc1C=NN1CC[NH+](Cc2ccc(Cl)cc2)CC1. The van der Waals surface area contributed by atoms with Gasteiger partial charge >= 0.3 is 0 Å². The van der Waals surface area contributed by atoms with Crippen LogP contribution < -0.4 is 4.90 Å². The van der Waals surface area contributed by atoms with Gasteiger partial charge in [-0.2, -0.15) is 5.10 Å². The number of nitrogens with zero attached hydrogens (tertiary/aromatic N) is 2. The monoisotopic (exact) mass is 328 g/mol. The lowest BCUT2D eigenvalue weighted by atomic mass is 10.1. The molecule has 1 aliphatic rings. The minimum absolute atomic E-state index is 0.805. The zero-order valence-electron chi connectivity index (χ0n) is 13.5. The van der Waals surface area contributed by atoms with Crippen LogP contribution in [0.25, 0.3) is 0 Å². The van der Waals surface area contributed by atoms with Crippen LogP contribution in [0.2, 0.25) is 5.02 Å². The third-order valence-electron chi connectivity index (χ3n) is 4.36. The van der Waals surface area contributed by atoms with E-state index in [1.807, 2.05) is 18.3 Å². The molecule has 1 fully saturated rings. The number of quaternary nitrogens is 1. The largest absolute Gasteiger partial charge is 0.328 e. The number of aryl methyl sites for hydroxylation is 1. The van der Waals surface area contributed by atoms with E-state index >= 15 is 0 Å². The zero-order valence-corrected chi connectivity index (χ0v) is 14.3. The third-order valence-corrected chi connectivity index (χ3v) is 4.61. The summed E-state index contributed by atoms with van der Waals surface area (Å²) in [5.41, 5.74) is 3.81. The van der Waals surface area contributed by atoms with Gasteiger partial charge in [0.1, 0.15) is 6.54 Å². The molecule has 0 amide bonds. The van der Waals surface area contributed by atoms with Crippen molar-refractivity contribution in [2.45, 2.75) is 13.5 Å². The van der Waals surface area contributed by atoms with Crippen LogP contribution in [0.5, 0.6) is 0 Å². The molecule has 0 atom stereocenters.